The number of ether oxygens (including phenoxy) is 1. The Morgan fingerprint density at radius 3 is 2.57 bits per heavy atom. The van der Waals surface area contributed by atoms with Gasteiger partial charge in [0.05, 0.1) is 18.9 Å². The molecular weight excluding hydrogens is 400 g/mol. The van der Waals surface area contributed by atoms with Gasteiger partial charge >= 0.3 is 5.97 Å². The number of carbonyl (C=O) groups excluding carboxylic acids is 3. The number of likely N-dealkylation sites (tertiary alicyclic amines) is 1. The molecule has 7 heteroatoms. The lowest BCUT2D eigenvalue weighted by Crippen LogP contribution is -2.59. The van der Waals surface area contributed by atoms with Gasteiger partial charge in [-0.25, -0.2) is 0 Å². The number of imide groups is 1. The molecule has 0 aliphatic carbocycles. The highest BCUT2D eigenvalue weighted by molar-refractivity contribution is 7.99. The molecule has 1 aromatic rings. The van der Waals surface area contributed by atoms with Crippen molar-refractivity contribution in [2.75, 3.05) is 20.7 Å². The molecule has 0 radical (unpaired) electrons. The van der Waals surface area contributed by atoms with Crippen molar-refractivity contribution in [2.45, 2.75) is 61.3 Å². The normalized spacial score (nSPS) is 32.1. The molecule has 1 aromatic carbocycles. The van der Waals surface area contributed by atoms with E-state index in [1.54, 1.807) is 0 Å². The fraction of sp³-hybridized carbons (Fsp3) is 0.609. The van der Waals surface area contributed by atoms with Crippen molar-refractivity contribution in [2.24, 2.45) is 11.8 Å². The number of fused-ring (bicyclic) bond motifs is 3. The molecule has 0 N–H and O–H groups in total. The molecule has 162 valence electrons. The second-order valence-corrected chi connectivity index (χ2v) is 10.2. The van der Waals surface area contributed by atoms with E-state index in [0.29, 0.717) is 18.2 Å². The van der Waals surface area contributed by atoms with Crippen molar-refractivity contribution in [3.8, 4) is 0 Å². The molecule has 4 rings (SSSR count). The second kappa shape index (κ2) is 8.00. The molecule has 6 nitrogen and oxygen atoms in total. The summed E-state index contributed by atoms with van der Waals surface area (Å²) in [5.74, 6) is -2.06. The highest BCUT2D eigenvalue weighted by atomic mass is 32.2. The Labute approximate surface area is 182 Å². The number of rotatable bonds is 5. The molecule has 3 aliphatic heterocycles. The molecule has 2 amide bonds. The SMILES string of the molecule is CCC(C)Sc1ccc(C2C3C(=O)N(C)C(=O)C3[C@]3(C(=O)OC)CCCCN23)cc1. The van der Waals surface area contributed by atoms with Crippen LogP contribution in [0.2, 0.25) is 0 Å². The lowest BCUT2D eigenvalue weighted by atomic mass is 9.75. The Kier molecular flexibility index (Phi) is 5.70. The van der Waals surface area contributed by atoms with Crippen LogP contribution < -0.4 is 0 Å². The van der Waals surface area contributed by atoms with Gasteiger partial charge in [-0.2, -0.15) is 0 Å². The molecular formula is C23H30N2O4S. The van der Waals surface area contributed by atoms with E-state index in [0.717, 1.165) is 24.8 Å². The largest absolute Gasteiger partial charge is 0.468 e. The summed E-state index contributed by atoms with van der Waals surface area (Å²) in [5, 5.41) is 0.531. The minimum absolute atomic E-state index is 0.189. The third-order valence-corrected chi connectivity index (χ3v) is 8.43. The van der Waals surface area contributed by atoms with Crippen LogP contribution in [0.15, 0.2) is 29.2 Å². The van der Waals surface area contributed by atoms with E-state index < -0.39 is 17.4 Å². The fourth-order valence-corrected chi connectivity index (χ4v) is 6.48. The monoisotopic (exact) mass is 430 g/mol. The van der Waals surface area contributed by atoms with Crippen LogP contribution in [0.3, 0.4) is 0 Å². The number of methoxy groups -OCH3 is 1. The van der Waals surface area contributed by atoms with Gasteiger partial charge in [-0.1, -0.05) is 26.0 Å². The van der Waals surface area contributed by atoms with Gasteiger partial charge in [0.2, 0.25) is 11.8 Å². The molecule has 4 unspecified atom stereocenters. The van der Waals surface area contributed by atoms with Crippen LogP contribution in [0.4, 0.5) is 0 Å². The predicted octanol–water partition coefficient (Wildman–Crippen LogP) is 3.26. The number of hydrogen-bond donors (Lipinski definition) is 0. The minimum atomic E-state index is -1.05. The highest BCUT2D eigenvalue weighted by Gasteiger charge is 2.72. The summed E-state index contributed by atoms with van der Waals surface area (Å²) in [6, 6.07) is 8.01. The zero-order valence-electron chi connectivity index (χ0n) is 18.1. The zero-order valence-corrected chi connectivity index (χ0v) is 18.9. The minimum Gasteiger partial charge on any atom is -0.468 e. The van der Waals surface area contributed by atoms with Crippen LogP contribution in [-0.2, 0) is 19.1 Å². The number of benzene rings is 1. The molecule has 0 spiro atoms. The van der Waals surface area contributed by atoms with E-state index >= 15 is 0 Å². The Hall–Kier alpha value is -1.86. The third kappa shape index (κ3) is 3.01. The van der Waals surface area contributed by atoms with Crippen LogP contribution in [0.1, 0.15) is 51.1 Å². The number of carbonyl (C=O) groups is 3. The summed E-state index contributed by atoms with van der Waals surface area (Å²) in [5.41, 5.74) is -0.0631. The maximum Gasteiger partial charge on any atom is 0.327 e. The molecule has 30 heavy (non-hydrogen) atoms. The number of thioether (sulfide) groups is 1. The number of nitrogens with zero attached hydrogens (tertiary/aromatic N) is 2. The van der Waals surface area contributed by atoms with E-state index in [2.05, 4.69) is 43.0 Å². The maximum atomic E-state index is 13.2. The summed E-state index contributed by atoms with van der Waals surface area (Å²) in [7, 11) is 2.90. The highest BCUT2D eigenvalue weighted by Crippen LogP contribution is 2.58. The number of esters is 1. The van der Waals surface area contributed by atoms with Crippen molar-refractivity contribution >= 4 is 29.5 Å². The molecule has 0 aromatic heterocycles. The molecule has 3 saturated heterocycles. The molecule has 5 atom stereocenters. The van der Waals surface area contributed by atoms with Crippen LogP contribution in [0, 0.1) is 11.8 Å². The summed E-state index contributed by atoms with van der Waals surface area (Å²) in [4.78, 5) is 43.9. The van der Waals surface area contributed by atoms with Gasteiger partial charge in [0, 0.05) is 23.2 Å². The Morgan fingerprint density at radius 2 is 1.93 bits per heavy atom. The first-order chi connectivity index (χ1) is 14.4. The van der Waals surface area contributed by atoms with E-state index in [-0.39, 0.29) is 23.8 Å². The standard InChI is InChI=1S/C23H30N2O4S/c1-5-14(2)30-16-10-8-15(9-11-16)19-17-18(21(27)24(3)20(17)26)23(22(28)29-4)12-6-7-13-25(19)23/h8-11,14,17-19H,5-7,12-13H2,1-4H3/t14?,17?,18?,19?,23-/m0/s1. The first-order valence-electron chi connectivity index (χ1n) is 10.8. The van der Waals surface area contributed by atoms with Crippen molar-refractivity contribution in [3.05, 3.63) is 29.8 Å². The molecule has 0 bridgehead atoms. The first kappa shape index (κ1) is 21.4. The van der Waals surface area contributed by atoms with Gasteiger partial charge in [0.1, 0.15) is 5.54 Å². The number of amides is 2. The van der Waals surface area contributed by atoms with Gasteiger partial charge in [-0.05, 0) is 49.9 Å². The van der Waals surface area contributed by atoms with Crippen LogP contribution >= 0.6 is 11.8 Å². The van der Waals surface area contributed by atoms with E-state index in [4.69, 9.17) is 4.74 Å². The van der Waals surface area contributed by atoms with Crippen molar-refractivity contribution in [1.29, 1.82) is 0 Å². The van der Waals surface area contributed by atoms with Gasteiger partial charge < -0.3 is 4.74 Å². The quantitative estimate of drug-likeness (QED) is 0.406. The average Bonchev–Trinajstić information content (AvgIpc) is 3.20. The molecule has 0 saturated carbocycles. The maximum absolute atomic E-state index is 13.2. The lowest BCUT2D eigenvalue weighted by molar-refractivity contribution is -0.163. The molecule has 3 heterocycles. The van der Waals surface area contributed by atoms with E-state index in [9.17, 15) is 14.4 Å². The second-order valence-electron chi connectivity index (χ2n) is 8.66. The van der Waals surface area contributed by atoms with E-state index in [1.165, 1.54) is 24.0 Å². The summed E-state index contributed by atoms with van der Waals surface area (Å²) in [6.45, 7) is 5.06. The van der Waals surface area contributed by atoms with Crippen molar-refractivity contribution < 1.29 is 19.1 Å². The summed E-state index contributed by atoms with van der Waals surface area (Å²) in [6.07, 6.45) is 3.43. The number of piperidine rings is 1. The van der Waals surface area contributed by atoms with Gasteiger partial charge in [-0.15, -0.1) is 11.8 Å². The topological polar surface area (TPSA) is 66.9 Å². The van der Waals surface area contributed by atoms with Crippen molar-refractivity contribution in [1.82, 2.24) is 9.80 Å². The Bertz CT molecular complexity index is 857. The Morgan fingerprint density at radius 1 is 1.23 bits per heavy atom. The Balaban J connectivity index is 1.78. The smallest absolute Gasteiger partial charge is 0.327 e. The van der Waals surface area contributed by atoms with Crippen molar-refractivity contribution in [3.63, 3.8) is 0 Å². The number of hydrogen-bond acceptors (Lipinski definition) is 6. The summed E-state index contributed by atoms with van der Waals surface area (Å²) >= 11 is 1.83. The van der Waals surface area contributed by atoms with E-state index in [1.807, 2.05) is 11.8 Å². The predicted molar refractivity (Wildman–Crippen MR) is 115 cm³/mol. The molecule has 3 fully saturated rings. The van der Waals surface area contributed by atoms with Crippen LogP contribution in [0.5, 0.6) is 0 Å². The first-order valence-corrected chi connectivity index (χ1v) is 11.7. The summed E-state index contributed by atoms with van der Waals surface area (Å²) < 4.78 is 5.21. The third-order valence-electron chi connectivity index (χ3n) is 7.15. The lowest BCUT2D eigenvalue weighted by Gasteiger charge is -2.44. The average molecular weight is 431 g/mol. The van der Waals surface area contributed by atoms with Gasteiger partial charge in [-0.3, -0.25) is 24.2 Å². The van der Waals surface area contributed by atoms with Gasteiger partial charge in [0.25, 0.3) is 0 Å². The molecule has 3 aliphatic rings. The van der Waals surface area contributed by atoms with Crippen LogP contribution in [-0.4, -0.2) is 59.1 Å². The fourth-order valence-electron chi connectivity index (χ4n) is 5.56. The van der Waals surface area contributed by atoms with Crippen LogP contribution in [0.25, 0.3) is 0 Å². The zero-order chi connectivity index (χ0) is 21.6. The van der Waals surface area contributed by atoms with Gasteiger partial charge in [0.15, 0.2) is 0 Å².